The molecular weight excluding hydrogens is 236 g/mol. The summed E-state index contributed by atoms with van der Waals surface area (Å²) in [7, 11) is 0. The Bertz CT molecular complexity index is 232. The zero-order valence-electron chi connectivity index (χ0n) is 11.8. The molecule has 2 rings (SSSR count). The van der Waals surface area contributed by atoms with Gasteiger partial charge in [0.25, 0.3) is 0 Å². The van der Waals surface area contributed by atoms with Crippen molar-refractivity contribution in [2.75, 3.05) is 26.3 Å². The molecule has 4 N–H and O–H groups in total. The van der Waals surface area contributed by atoms with Gasteiger partial charge in [-0.1, -0.05) is 0 Å². The summed E-state index contributed by atoms with van der Waals surface area (Å²) in [5.41, 5.74) is 10.7. The second-order valence-electron chi connectivity index (χ2n) is 5.37. The Kier molecular flexibility index (Phi) is 5.51. The third-order valence-corrected chi connectivity index (χ3v) is 2.66. The molecule has 2 unspecified atom stereocenters. The summed E-state index contributed by atoms with van der Waals surface area (Å²) in [5.74, 6) is -0.825. The van der Waals surface area contributed by atoms with Crippen molar-refractivity contribution in [2.24, 2.45) is 11.5 Å². The first-order valence-electron chi connectivity index (χ1n) is 6.31. The van der Waals surface area contributed by atoms with Crippen LogP contribution in [-0.2, 0) is 18.9 Å². The molecule has 0 saturated carbocycles. The first-order chi connectivity index (χ1) is 8.28. The number of ether oxygens (including phenoxy) is 4. The molecule has 108 valence electrons. The minimum Gasteiger partial charge on any atom is -0.348 e. The molecule has 6 heteroatoms. The monoisotopic (exact) mass is 262 g/mol. The Morgan fingerprint density at radius 2 is 1.17 bits per heavy atom. The predicted molar refractivity (Wildman–Crippen MR) is 67.9 cm³/mol. The Labute approximate surface area is 109 Å². The fourth-order valence-electron chi connectivity index (χ4n) is 1.76. The molecule has 0 amide bonds. The van der Waals surface area contributed by atoms with Crippen molar-refractivity contribution in [1.82, 2.24) is 0 Å². The maximum Gasteiger partial charge on any atom is 0.163 e. The summed E-state index contributed by atoms with van der Waals surface area (Å²) in [6.45, 7) is 9.91. The lowest BCUT2D eigenvalue weighted by atomic mass is 10.4. The summed E-state index contributed by atoms with van der Waals surface area (Å²) < 4.78 is 21.2. The van der Waals surface area contributed by atoms with Gasteiger partial charge in [-0.3, -0.25) is 0 Å². The van der Waals surface area contributed by atoms with E-state index in [4.69, 9.17) is 30.4 Å². The van der Waals surface area contributed by atoms with E-state index in [0.717, 1.165) is 0 Å². The van der Waals surface area contributed by atoms with Crippen molar-refractivity contribution in [1.29, 1.82) is 0 Å². The first kappa shape index (κ1) is 15.8. The second kappa shape index (κ2) is 6.27. The first-order valence-corrected chi connectivity index (χ1v) is 6.31. The Morgan fingerprint density at radius 3 is 1.28 bits per heavy atom. The maximum absolute atomic E-state index is 5.35. The predicted octanol–water partition coefficient (Wildman–Crippen LogP) is 0.193. The molecule has 2 atom stereocenters. The van der Waals surface area contributed by atoms with Crippen LogP contribution in [0.25, 0.3) is 0 Å². The fraction of sp³-hybridized carbons (Fsp3) is 1.00. The summed E-state index contributed by atoms with van der Waals surface area (Å²) >= 11 is 0. The number of hydrogen-bond acceptors (Lipinski definition) is 6. The lowest BCUT2D eigenvalue weighted by Gasteiger charge is -2.16. The lowest BCUT2D eigenvalue weighted by molar-refractivity contribution is -0.137. The molecule has 2 saturated heterocycles. The quantitative estimate of drug-likeness (QED) is 0.738. The van der Waals surface area contributed by atoms with E-state index in [0.29, 0.717) is 26.3 Å². The van der Waals surface area contributed by atoms with Crippen LogP contribution in [0.1, 0.15) is 27.7 Å². The van der Waals surface area contributed by atoms with Crippen LogP contribution in [0.5, 0.6) is 0 Å². The highest BCUT2D eigenvalue weighted by atomic mass is 16.7. The van der Waals surface area contributed by atoms with Crippen LogP contribution >= 0.6 is 0 Å². The van der Waals surface area contributed by atoms with Crippen molar-refractivity contribution in [3.05, 3.63) is 0 Å². The van der Waals surface area contributed by atoms with Crippen LogP contribution in [0.2, 0.25) is 0 Å². The molecule has 2 aliphatic heterocycles. The van der Waals surface area contributed by atoms with Gasteiger partial charge in [-0.05, 0) is 27.7 Å². The van der Waals surface area contributed by atoms with Gasteiger partial charge >= 0.3 is 0 Å². The Balaban J connectivity index is 0.000000180. The number of rotatable bonds is 2. The van der Waals surface area contributed by atoms with Crippen LogP contribution < -0.4 is 11.5 Å². The zero-order chi connectivity index (χ0) is 13.8. The average Bonchev–Trinajstić information content (AvgIpc) is 2.81. The maximum atomic E-state index is 5.35. The van der Waals surface area contributed by atoms with Crippen molar-refractivity contribution in [3.63, 3.8) is 0 Å². The summed E-state index contributed by atoms with van der Waals surface area (Å²) in [6.07, 6.45) is 0.194. The van der Waals surface area contributed by atoms with Gasteiger partial charge in [0.2, 0.25) is 0 Å². The smallest absolute Gasteiger partial charge is 0.163 e. The van der Waals surface area contributed by atoms with E-state index in [2.05, 4.69) is 0 Å². The minimum atomic E-state index is -0.413. The molecule has 0 aromatic carbocycles. The van der Waals surface area contributed by atoms with Gasteiger partial charge in [0.15, 0.2) is 11.6 Å². The lowest BCUT2D eigenvalue weighted by Crippen LogP contribution is -2.26. The molecule has 0 radical (unpaired) electrons. The Morgan fingerprint density at radius 1 is 0.833 bits per heavy atom. The molecular formula is C12H26N2O4. The van der Waals surface area contributed by atoms with E-state index in [1.54, 1.807) is 0 Å². The van der Waals surface area contributed by atoms with Gasteiger partial charge in [-0.15, -0.1) is 0 Å². The molecule has 0 aromatic rings. The highest BCUT2D eigenvalue weighted by Gasteiger charge is 2.32. The third-order valence-electron chi connectivity index (χ3n) is 2.66. The van der Waals surface area contributed by atoms with Crippen LogP contribution in [0.15, 0.2) is 0 Å². The van der Waals surface area contributed by atoms with Crippen molar-refractivity contribution in [2.45, 2.75) is 51.5 Å². The molecule has 0 spiro atoms. The highest BCUT2D eigenvalue weighted by molar-refractivity contribution is 4.71. The van der Waals surface area contributed by atoms with Crippen molar-refractivity contribution < 1.29 is 18.9 Å². The van der Waals surface area contributed by atoms with Gasteiger partial charge in [-0.25, -0.2) is 0 Å². The normalized spacial score (nSPS) is 33.0. The number of nitrogens with two attached hydrogens (primary N) is 2. The van der Waals surface area contributed by atoms with Crippen LogP contribution in [0.4, 0.5) is 0 Å². The average molecular weight is 262 g/mol. The summed E-state index contributed by atoms with van der Waals surface area (Å²) in [5, 5.41) is 0. The van der Waals surface area contributed by atoms with Crippen LogP contribution in [0.3, 0.4) is 0 Å². The highest BCUT2D eigenvalue weighted by Crippen LogP contribution is 2.21. The van der Waals surface area contributed by atoms with Crippen LogP contribution in [0, 0.1) is 0 Å². The van der Waals surface area contributed by atoms with E-state index in [1.165, 1.54) is 0 Å². The Hall–Kier alpha value is -0.240. The van der Waals surface area contributed by atoms with Gasteiger partial charge in [0, 0.05) is 13.1 Å². The standard InChI is InChI=1S/2C6H13NO2/c2*1-6(2)8-4-5(3-7)9-6/h2*5H,3-4,7H2,1-2H3. The molecule has 2 heterocycles. The second-order valence-corrected chi connectivity index (χ2v) is 5.37. The van der Waals surface area contributed by atoms with Crippen LogP contribution in [-0.4, -0.2) is 50.1 Å². The van der Waals surface area contributed by atoms with Crippen molar-refractivity contribution in [3.8, 4) is 0 Å². The SMILES string of the molecule is CC1(C)OCC(CN)O1.CC1(C)OCC(CN)O1. The van der Waals surface area contributed by atoms with E-state index < -0.39 is 11.6 Å². The molecule has 0 bridgehead atoms. The largest absolute Gasteiger partial charge is 0.348 e. The van der Waals surface area contributed by atoms with Crippen molar-refractivity contribution >= 4 is 0 Å². The summed E-state index contributed by atoms with van der Waals surface area (Å²) in [4.78, 5) is 0. The molecule has 0 aromatic heterocycles. The van der Waals surface area contributed by atoms with E-state index in [9.17, 15) is 0 Å². The van der Waals surface area contributed by atoms with Gasteiger partial charge in [0.1, 0.15) is 0 Å². The fourth-order valence-corrected chi connectivity index (χ4v) is 1.76. The van der Waals surface area contributed by atoms with E-state index in [-0.39, 0.29) is 12.2 Å². The third kappa shape index (κ3) is 5.17. The molecule has 2 aliphatic rings. The van der Waals surface area contributed by atoms with E-state index >= 15 is 0 Å². The molecule has 0 aliphatic carbocycles. The zero-order valence-corrected chi connectivity index (χ0v) is 11.8. The minimum absolute atomic E-state index is 0.0972. The number of hydrogen-bond donors (Lipinski definition) is 2. The van der Waals surface area contributed by atoms with Gasteiger partial charge < -0.3 is 30.4 Å². The van der Waals surface area contributed by atoms with Gasteiger partial charge in [-0.2, -0.15) is 0 Å². The van der Waals surface area contributed by atoms with Gasteiger partial charge in [0.05, 0.1) is 25.4 Å². The molecule has 2 fully saturated rings. The molecule has 6 nitrogen and oxygen atoms in total. The molecule has 18 heavy (non-hydrogen) atoms. The summed E-state index contributed by atoms with van der Waals surface area (Å²) in [6, 6.07) is 0. The van der Waals surface area contributed by atoms with E-state index in [1.807, 2.05) is 27.7 Å². The topological polar surface area (TPSA) is 89.0 Å².